The molecule has 2 N–H and O–H groups in total. The quantitative estimate of drug-likeness (QED) is 0.364. The number of halogens is 1. The molecule has 0 saturated carbocycles. The lowest BCUT2D eigenvalue weighted by molar-refractivity contribution is 0.336. The molecule has 0 bridgehead atoms. The number of hydrogen-bond acceptors (Lipinski definition) is 4. The molecule has 1 aromatic carbocycles. The van der Waals surface area contributed by atoms with Crippen LogP contribution in [0.2, 0.25) is 0 Å². The topological polar surface area (TPSA) is 76.4 Å². The molecule has 2 heterocycles. The molecule has 28 heavy (non-hydrogen) atoms. The third-order valence-electron chi connectivity index (χ3n) is 4.79. The molecule has 3 rings (SSSR count). The first kappa shape index (κ1) is 22.4. The van der Waals surface area contributed by atoms with E-state index in [4.69, 9.17) is 4.74 Å². The van der Waals surface area contributed by atoms with Crippen LogP contribution in [0.4, 0.5) is 0 Å². The van der Waals surface area contributed by atoms with Crippen molar-refractivity contribution >= 4 is 29.9 Å². The second kappa shape index (κ2) is 11.2. The van der Waals surface area contributed by atoms with E-state index >= 15 is 0 Å². The van der Waals surface area contributed by atoms with Crippen molar-refractivity contribution in [1.82, 2.24) is 25.4 Å². The van der Waals surface area contributed by atoms with Gasteiger partial charge in [-0.2, -0.15) is 0 Å². The van der Waals surface area contributed by atoms with E-state index in [2.05, 4.69) is 55.5 Å². The Morgan fingerprint density at radius 1 is 1.18 bits per heavy atom. The first-order chi connectivity index (χ1) is 13.2. The number of nitrogens with one attached hydrogen (secondary N) is 2. The molecule has 0 spiro atoms. The lowest BCUT2D eigenvalue weighted by Gasteiger charge is -2.15. The van der Waals surface area contributed by atoms with Crippen LogP contribution >= 0.6 is 24.0 Å². The van der Waals surface area contributed by atoms with E-state index in [-0.39, 0.29) is 24.0 Å². The van der Waals surface area contributed by atoms with Crippen molar-refractivity contribution < 1.29 is 4.74 Å². The molecule has 154 valence electrons. The summed E-state index contributed by atoms with van der Waals surface area (Å²) in [6.45, 7) is 6.99. The highest BCUT2D eigenvalue weighted by molar-refractivity contribution is 14.0. The predicted molar refractivity (Wildman–Crippen MR) is 122 cm³/mol. The smallest absolute Gasteiger partial charge is 0.191 e. The maximum atomic E-state index is 5.75. The molecule has 0 fully saturated rings. The SMILES string of the molecule is CCOc1cc(C)ccc1CNC(=NC)NCc1nnc2n1CCCCC2.I. The van der Waals surface area contributed by atoms with Crippen LogP contribution in [0.15, 0.2) is 23.2 Å². The molecule has 0 radical (unpaired) electrons. The summed E-state index contributed by atoms with van der Waals surface area (Å²) in [6, 6.07) is 6.27. The highest BCUT2D eigenvalue weighted by atomic mass is 127. The maximum Gasteiger partial charge on any atom is 0.191 e. The first-order valence-corrected chi connectivity index (χ1v) is 9.79. The second-order valence-electron chi connectivity index (χ2n) is 6.82. The van der Waals surface area contributed by atoms with Crippen molar-refractivity contribution in [2.75, 3.05) is 13.7 Å². The van der Waals surface area contributed by atoms with E-state index in [1.807, 2.05) is 6.92 Å². The average Bonchev–Trinajstić information content (AvgIpc) is 2.90. The summed E-state index contributed by atoms with van der Waals surface area (Å²) in [7, 11) is 1.78. The van der Waals surface area contributed by atoms with Gasteiger partial charge in [-0.25, -0.2) is 0 Å². The summed E-state index contributed by atoms with van der Waals surface area (Å²) < 4.78 is 8.01. The fourth-order valence-electron chi connectivity index (χ4n) is 3.34. The van der Waals surface area contributed by atoms with Gasteiger partial charge in [0.05, 0.1) is 13.2 Å². The number of benzene rings is 1. The minimum absolute atomic E-state index is 0. The van der Waals surface area contributed by atoms with Crippen LogP contribution in [0.1, 0.15) is 49.0 Å². The molecular formula is C20H31IN6O. The Morgan fingerprint density at radius 2 is 2.00 bits per heavy atom. The van der Waals surface area contributed by atoms with Gasteiger partial charge in [-0.3, -0.25) is 4.99 Å². The van der Waals surface area contributed by atoms with E-state index in [0.717, 1.165) is 41.9 Å². The van der Waals surface area contributed by atoms with Gasteiger partial charge in [0.15, 0.2) is 11.8 Å². The van der Waals surface area contributed by atoms with Gasteiger partial charge >= 0.3 is 0 Å². The number of hydrogen-bond donors (Lipinski definition) is 2. The third-order valence-corrected chi connectivity index (χ3v) is 4.79. The summed E-state index contributed by atoms with van der Waals surface area (Å²) >= 11 is 0. The number of aryl methyl sites for hydroxylation is 2. The molecule has 1 aliphatic rings. The van der Waals surface area contributed by atoms with Gasteiger partial charge < -0.3 is 19.9 Å². The van der Waals surface area contributed by atoms with Crippen LogP contribution in [0.5, 0.6) is 5.75 Å². The van der Waals surface area contributed by atoms with Crippen molar-refractivity contribution in [3.05, 3.63) is 41.0 Å². The fourth-order valence-corrected chi connectivity index (χ4v) is 3.34. The molecule has 1 aliphatic heterocycles. The summed E-state index contributed by atoms with van der Waals surface area (Å²) in [4.78, 5) is 4.32. The van der Waals surface area contributed by atoms with Crippen LogP contribution in [0, 0.1) is 6.92 Å². The first-order valence-electron chi connectivity index (χ1n) is 9.79. The molecule has 0 aliphatic carbocycles. The number of ether oxygens (including phenoxy) is 1. The zero-order valence-corrected chi connectivity index (χ0v) is 19.3. The number of aromatic nitrogens is 3. The van der Waals surface area contributed by atoms with Gasteiger partial charge in [0.25, 0.3) is 0 Å². The Balaban J connectivity index is 0.00000280. The normalized spacial score (nSPS) is 13.9. The van der Waals surface area contributed by atoms with Crippen LogP contribution in [-0.4, -0.2) is 34.4 Å². The maximum absolute atomic E-state index is 5.75. The molecule has 2 aromatic rings. The van der Waals surface area contributed by atoms with Crippen molar-refractivity contribution in [2.45, 2.75) is 59.2 Å². The van der Waals surface area contributed by atoms with Gasteiger partial charge in [0.1, 0.15) is 11.6 Å². The van der Waals surface area contributed by atoms with Crippen LogP contribution < -0.4 is 15.4 Å². The van der Waals surface area contributed by atoms with E-state index in [9.17, 15) is 0 Å². The zero-order valence-electron chi connectivity index (χ0n) is 17.0. The molecule has 0 atom stereocenters. The van der Waals surface area contributed by atoms with Gasteiger partial charge in [-0.15, -0.1) is 34.2 Å². The second-order valence-corrected chi connectivity index (χ2v) is 6.82. The standard InChI is InChI=1S/C20H30N6O.HI/c1-4-27-17-12-15(2)9-10-16(17)13-22-20(21-3)23-14-19-25-24-18-8-6-5-7-11-26(18)19;/h9-10,12H,4-8,11,13-14H2,1-3H3,(H2,21,22,23);1H. The molecule has 0 unspecified atom stereocenters. The molecule has 0 saturated heterocycles. The van der Waals surface area contributed by atoms with E-state index in [0.29, 0.717) is 19.7 Å². The zero-order chi connectivity index (χ0) is 19.1. The summed E-state index contributed by atoms with van der Waals surface area (Å²) in [5.41, 5.74) is 2.30. The minimum atomic E-state index is 0. The Morgan fingerprint density at radius 3 is 2.79 bits per heavy atom. The van der Waals surface area contributed by atoms with Gasteiger partial charge in [-0.05, 0) is 38.3 Å². The lowest BCUT2D eigenvalue weighted by Crippen LogP contribution is -2.37. The van der Waals surface area contributed by atoms with E-state index < -0.39 is 0 Å². The molecule has 1 aromatic heterocycles. The van der Waals surface area contributed by atoms with Gasteiger partial charge in [0.2, 0.25) is 0 Å². The number of rotatable bonds is 6. The van der Waals surface area contributed by atoms with Gasteiger partial charge in [0, 0.05) is 32.1 Å². The van der Waals surface area contributed by atoms with Crippen LogP contribution in [0.25, 0.3) is 0 Å². The number of guanidine groups is 1. The summed E-state index contributed by atoms with van der Waals surface area (Å²) in [5, 5.41) is 15.4. The number of aliphatic imine (C=N–C) groups is 1. The van der Waals surface area contributed by atoms with Crippen molar-refractivity contribution in [3.8, 4) is 5.75 Å². The van der Waals surface area contributed by atoms with Crippen molar-refractivity contribution in [3.63, 3.8) is 0 Å². The van der Waals surface area contributed by atoms with Crippen LogP contribution in [-0.2, 0) is 26.1 Å². The van der Waals surface area contributed by atoms with Crippen molar-refractivity contribution in [1.29, 1.82) is 0 Å². The molecule has 7 nitrogen and oxygen atoms in total. The highest BCUT2D eigenvalue weighted by Crippen LogP contribution is 2.20. The summed E-state index contributed by atoms with van der Waals surface area (Å²) in [6.07, 6.45) is 4.68. The van der Waals surface area contributed by atoms with Crippen LogP contribution in [0.3, 0.4) is 0 Å². The Hall–Kier alpha value is -1.84. The van der Waals surface area contributed by atoms with E-state index in [1.165, 1.54) is 24.8 Å². The number of nitrogens with zero attached hydrogens (tertiary/aromatic N) is 4. The molecule has 0 amide bonds. The molecule has 8 heteroatoms. The van der Waals surface area contributed by atoms with Crippen molar-refractivity contribution in [2.24, 2.45) is 4.99 Å². The monoisotopic (exact) mass is 498 g/mol. The average molecular weight is 498 g/mol. The van der Waals surface area contributed by atoms with Gasteiger partial charge in [-0.1, -0.05) is 18.6 Å². The van der Waals surface area contributed by atoms with E-state index in [1.54, 1.807) is 7.05 Å². The predicted octanol–water partition coefficient (Wildman–Crippen LogP) is 3.19. The minimum Gasteiger partial charge on any atom is -0.494 e. The molecular weight excluding hydrogens is 467 g/mol. The largest absolute Gasteiger partial charge is 0.494 e. The number of fused-ring (bicyclic) bond motifs is 1. The summed E-state index contributed by atoms with van der Waals surface area (Å²) in [5.74, 6) is 3.74. The Labute approximate surface area is 184 Å². The lowest BCUT2D eigenvalue weighted by atomic mass is 10.1. The highest BCUT2D eigenvalue weighted by Gasteiger charge is 2.14. The fraction of sp³-hybridized carbons (Fsp3) is 0.550. The third kappa shape index (κ3) is 5.83. The Bertz CT molecular complexity index is 789. The Kier molecular flexibility index (Phi) is 9.01.